The Kier molecular flexibility index (Phi) is 11.5. The SMILES string of the molecule is C[C@H](NC(=O)CCC(=O)NCCCCCCO[C@H]1O[C@@H](C)[C@@H](O)[C@@H](O)[C@@H]1O)C(=O)Nc1ccc2c(c1)CN1C(=O)c3ccccc3C1=N2. The van der Waals surface area contributed by atoms with Gasteiger partial charge < -0.3 is 40.7 Å². The molecule has 3 aliphatic heterocycles. The number of hydrogen-bond donors (Lipinski definition) is 6. The number of aliphatic imine (C=N–C) groups is 1. The molecule has 14 nitrogen and oxygen atoms in total. The van der Waals surface area contributed by atoms with Gasteiger partial charge in [0, 0.05) is 37.2 Å². The molecule has 2 aromatic rings. The second-order valence-corrected chi connectivity index (χ2v) is 12.3. The van der Waals surface area contributed by atoms with Gasteiger partial charge in [0.15, 0.2) is 6.29 Å². The molecule has 6 atom stereocenters. The molecular weight excluding hydrogens is 622 g/mol. The summed E-state index contributed by atoms with van der Waals surface area (Å²) < 4.78 is 10.9. The van der Waals surface area contributed by atoms with Gasteiger partial charge in [-0.2, -0.15) is 0 Å². The summed E-state index contributed by atoms with van der Waals surface area (Å²) in [5.41, 5.74) is 3.44. The van der Waals surface area contributed by atoms with Gasteiger partial charge in [0.25, 0.3) is 5.91 Å². The summed E-state index contributed by atoms with van der Waals surface area (Å²) in [6, 6.07) is 11.8. The minimum atomic E-state index is -1.33. The number of nitrogens with zero attached hydrogens (tertiary/aromatic N) is 2. The van der Waals surface area contributed by atoms with Crippen molar-refractivity contribution in [2.75, 3.05) is 18.5 Å². The van der Waals surface area contributed by atoms with E-state index >= 15 is 0 Å². The predicted octanol–water partition coefficient (Wildman–Crippen LogP) is 1.48. The molecule has 4 amide bonds. The Morgan fingerprint density at radius 3 is 2.50 bits per heavy atom. The number of aliphatic hydroxyl groups is 3. The Morgan fingerprint density at radius 1 is 0.979 bits per heavy atom. The second-order valence-electron chi connectivity index (χ2n) is 12.3. The minimum absolute atomic E-state index is 0.0108. The van der Waals surface area contributed by atoms with Crippen molar-refractivity contribution < 1.29 is 44.0 Å². The number of aliphatic hydroxyl groups excluding tert-OH is 3. The Labute approximate surface area is 278 Å². The van der Waals surface area contributed by atoms with Gasteiger partial charge in [-0.05, 0) is 56.5 Å². The van der Waals surface area contributed by atoms with E-state index in [0.717, 1.165) is 36.1 Å². The standard InChI is InChI=1S/C34H43N5O9/c1-19(32(45)37-22-11-12-25-21(17-22)18-39-31(38-25)23-9-5-6-10-24(23)33(39)46)36-27(41)14-13-26(40)35-15-7-3-4-8-16-47-34-30(44)29(43)28(42)20(2)48-34/h5-6,9-12,17,19-20,28-30,34,42-44H,3-4,7-8,13-16,18H2,1-2H3,(H,35,40)(H,36,41)(H,37,45)/t19-,20-,28+,29+,30-,34-/m0/s1. The fourth-order valence-corrected chi connectivity index (χ4v) is 5.81. The summed E-state index contributed by atoms with van der Waals surface area (Å²) in [5.74, 6) is -0.590. The van der Waals surface area contributed by atoms with Crippen molar-refractivity contribution in [3.05, 3.63) is 59.2 Å². The first-order chi connectivity index (χ1) is 23.0. The largest absolute Gasteiger partial charge is 0.388 e. The van der Waals surface area contributed by atoms with E-state index in [-0.39, 0.29) is 24.7 Å². The molecule has 3 heterocycles. The lowest BCUT2D eigenvalue weighted by Gasteiger charge is -2.38. The molecule has 3 aliphatic rings. The quantitative estimate of drug-likeness (QED) is 0.162. The van der Waals surface area contributed by atoms with Gasteiger partial charge in [-0.25, -0.2) is 4.99 Å². The molecule has 0 bridgehead atoms. The van der Waals surface area contributed by atoms with Crippen LogP contribution in [0.3, 0.4) is 0 Å². The molecule has 6 N–H and O–H groups in total. The minimum Gasteiger partial charge on any atom is -0.388 e. The van der Waals surface area contributed by atoms with Crippen molar-refractivity contribution >= 4 is 40.8 Å². The Bertz CT molecular complexity index is 1550. The summed E-state index contributed by atoms with van der Waals surface area (Å²) in [5, 5.41) is 37.8. The van der Waals surface area contributed by atoms with Gasteiger partial charge in [-0.3, -0.25) is 24.1 Å². The van der Waals surface area contributed by atoms with Crippen LogP contribution < -0.4 is 16.0 Å². The van der Waals surface area contributed by atoms with E-state index in [2.05, 4.69) is 20.9 Å². The third-order valence-electron chi connectivity index (χ3n) is 8.63. The lowest BCUT2D eigenvalue weighted by Crippen LogP contribution is -2.57. The summed E-state index contributed by atoms with van der Waals surface area (Å²) in [6.07, 6.45) is -2.47. The van der Waals surface area contributed by atoms with Crippen LogP contribution in [0, 0.1) is 0 Å². The second kappa shape index (κ2) is 15.8. The van der Waals surface area contributed by atoms with Crippen LogP contribution in [-0.2, 0) is 30.4 Å². The van der Waals surface area contributed by atoms with Crippen LogP contribution in [-0.4, -0.2) is 99.6 Å². The lowest BCUT2D eigenvalue weighted by atomic mass is 10.0. The molecule has 0 spiro atoms. The summed E-state index contributed by atoms with van der Waals surface area (Å²) in [6.45, 7) is 4.26. The van der Waals surface area contributed by atoms with Gasteiger partial charge in [-0.15, -0.1) is 0 Å². The normalized spacial score (nSPS) is 23.4. The zero-order valence-corrected chi connectivity index (χ0v) is 27.1. The molecule has 5 rings (SSSR count). The van der Waals surface area contributed by atoms with E-state index in [1.165, 1.54) is 0 Å². The number of amidine groups is 1. The zero-order chi connectivity index (χ0) is 34.4. The number of ether oxygens (including phenoxy) is 2. The Balaban J connectivity index is 0.942. The Hall–Kier alpha value is -4.21. The first kappa shape index (κ1) is 35.1. The third kappa shape index (κ3) is 8.25. The molecular formula is C34H43N5O9. The van der Waals surface area contributed by atoms with Crippen molar-refractivity contribution in [1.82, 2.24) is 15.5 Å². The maximum atomic E-state index is 12.9. The molecule has 48 heavy (non-hydrogen) atoms. The molecule has 2 aromatic carbocycles. The number of carbonyl (C=O) groups is 4. The molecule has 0 aromatic heterocycles. The summed E-state index contributed by atoms with van der Waals surface area (Å²) >= 11 is 0. The van der Waals surface area contributed by atoms with Crippen LogP contribution in [0.4, 0.5) is 11.4 Å². The molecule has 1 saturated heterocycles. The summed E-state index contributed by atoms with van der Waals surface area (Å²) in [4.78, 5) is 56.6. The molecule has 0 aliphatic carbocycles. The lowest BCUT2D eigenvalue weighted by molar-refractivity contribution is -0.293. The highest BCUT2D eigenvalue weighted by Gasteiger charge is 2.42. The molecule has 258 valence electrons. The van der Waals surface area contributed by atoms with Gasteiger partial charge >= 0.3 is 0 Å². The first-order valence-corrected chi connectivity index (χ1v) is 16.3. The number of nitrogens with one attached hydrogen (secondary N) is 3. The van der Waals surface area contributed by atoms with Crippen LogP contribution >= 0.6 is 0 Å². The van der Waals surface area contributed by atoms with Crippen molar-refractivity contribution in [2.45, 2.75) is 95.7 Å². The van der Waals surface area contributed by atoms with E-state index in [0.29, 0.717) is 43.2 Å². The molecule has 1 fully saturated rings. The van der Waals surface area contributed by atoms with E-state index in [1.807, 2.05) is 18.2 Å². The summed E-state index contributed by atoms with van der Waals surface area (Å²) in [7, 11) is 0. The number of benzene rings is 2. The van der Waals surface area contributed by atoms with Gasteiger partial charge in [0.1, 0.15) is 30.2 Å². The van der Waals surface area contributed by atoms with Gasteiger partial charge in [0.05, 0.1) is 23.9 Å². The first-order valence-electron chi connectivity index (χ1n) is 16.3. The average molecular weight is 666 g/mol. The van der Waals surface area contributed by atoms with Crippen LogP contribution in [0.1, 0.15) is 73.9 Å². The van der Waals surface area contributed by atoms with Gasteiger partial charge in [0.2, 0.25) is 17.7 Å². The van der Waals surface area contributed by atoms with Crippen molar-refractivity contribution in [1.29, 1.82) is 0 Å². The number of hydrogen-bond acceptors (Lipinski definition) is 10. The number of rotatable bonds is 14. The van der Waals surface area contributed by atoms with Crippen LogP contribution in [0.5, 0.6) is 0 Å². The van der Waals surface area contributed by atoms with E-state index in [1.54, 1.807) is 43.0 Å². The predicted molar refractivity (Wildman–Crippen MR) is 174 cm³/mol. The maximum absolute atomic E-state index is 12.9. The van der Waals surface area contributed by atoms with E-state index in [4.69, 9.17) is 9.47 Å². The van der Waals surface area contributed by atoms with Crippen LogP contribution in [0.2, 0.25) is 0 Å². The van der Waals surface area contributed by atoms with Crippen LogP contribution in [0.15, 0.2) is 47.5 Å². The molecule has 0 saturated carbocycles. The number of unbranched alkanes of at least 4 members (excludes halogenated alkanes) is 3. The Morgan fingerprint density at radius 2 is 1.71 bits per heavy atom. The molecule has 0 unspecified atom stereocenters. The average Bonchev–Trinajstić information content (AvgIpc) is 3.35. The van der Waals surface area contributed by atoms with E-state index < -0.39 is 48.6 Å². The number of fused-ring (bicyclic) bond motifs is 4. The maximum Gasteiger partial charge on any atom is 0.260 e. The fourth-order valence-electron chi connectivity index (χ4n) is 5.81. The topological polar surface area (TPSA) is 199 Å². The number of carbonyl (C=O) groups excluding carboxylic acids is 4. The number of amides is 4. The zero-order valence-electron chi connectivity index (χ0n) is 27.1. The van der Waals surface area contributed by atoms with Gasteiger partial charge in [-0.1, -0.05) is 31.0 Å². The molecule has 0 radical (unpaired) electrons. The highest BCUT2D eigenvalue weighted by molar-refractivity contribution is 6.24. The number of anilines is 1. The molecule has 14 heteroatoms. The van der Waals surface area contributed by atoms with Crippen molar-refractivity contribution in [2.24, 2.45) is 4.99 Å². The monoisotopic (exact) mass is 665 g/mol. The highest BCUT2D eigenvalue weighted by atomic mass is 16.7. The fraction of sp³-hybridized carbons (Fsp3) is 0.500. The van der Waals surface area contributed by atoms with Crippen LogP contribution in [0.25, 0.3) is 0 Å². The van der Waals surface area contributed by atoms with E-state index in [9.17, 15) is 34.5 Å². The van der Waals surface area contributed by atoms with Crippen molar-refractivity contribution in [3.8, 4) is 0 Å². The van der Waals surface area contributed by atoms with Crippen molar-refractivity contribution in [3.63, 3.8) is 0 Å². The highest BCUT2D eigenvalue weighted by Crippen LogP contribution is 2.35. The third-order valence-corrected chi connectivity index (χ3v) is 8.63. The smallest absolute Gasteiger partial charge is 0.260 e.